The van der Waals surface area contributed by atoms with E-state index in [4.69, 9.17) is 34.9 Å². The van der Waals surface area contributed by atoms with E-state index >= 15 is 0 Å². The maximum absolute atomic E-state index is 5.20. The lowest BCUT2D eigenvalue weighted by Gasteiger charge is -2.16. The van der Waals surface area contributed by atoms with Crippen LogP contribution < -0.4 is 0 Å². The summed E-state index contributed by atoms with van der Waals surface area (Å²) in [6.07, 6.45) is 14.4. The Kier molecular flexibility index (Phi) is 4.80. The van der Waals surface area contributed by atoms with Gasteiger partial charge < -0.3 is 0 Å². The topological polar surface area (TPSA) is 126 Å². The molecule has 1 unspecified atom stereocenters. The summed E-state index contributed by atoms with van der Waals surface area (Å²) in [7, 11) is 0. The molecule has 1 atom stereocenters. The molecule has 9 heterocycles. The zero-order chi connectivity index (χ0) is 29.5. The first-order valence-corrected chi connectivity index (χ1v) is 14.4. The van der Waals surface area contributed by atoms with Crippen LogP contribution in [-0.2, 0) is 0 Å². The van der Waals surface area contributed by atoms with E-state index in [9.17, 15) is 0 Å². The molecule has 1 aliphatic rings. The summed E-state index contributed by atoms with van der Waals surface area (Å²) in [5, 5.41) is 2.82. The Hall–Kier alpha value is -6.49. The van der Waals surface area contributed by atoms with Crippen LogP contribution in [-0.4, -0.2) is 54.0 Å². The maximum atomic E-state index is 5.20. The predicted molar refractivity (Wildman–Crippen MR) is 168 cm³/mol. The molecule has 0 saturated heterocycles. The molecule has 11 heteroatoms. The highest BCUT2D eigenvalue weighted by Crippen LogP contribution is 2.46. The SMILES string of the molecule is c1cnc2c(c1)C(c1nc(-n3c4ccncc4c4cccnc43)nc(-n3c4cccnc4c4cccnc43)n1)c1cnccc1-2. The molecular weight excluding hydrogens is 562 g/mol. The summed E-state index contributed by atoms with van der Waals surface area (Å²) in [5.74, 6) is 1.09. The molecule has 0 amide bonds. The van der Waals surface area contributed by atoms with Gasteiger partial charge in [0, 0.05) is 71.3 Å². The van der Waals surface area contributed by atoms with Crippen molar-refractivity contribution in [2.45, 2.75) is 5.92 Å². The number of fused-ring (bicyclic) bond motifs is 9. The van der Waals surface area contributed by atoms with Crippen LogP contribution in [0.5, 0.6) is 0 Å². The Balaban J connectivity index is 1.34. The van der Waals surface area contributed by atoms with Crippen LogP contribution in [0.2, 0.25) is 0 Å². The van der Waals surface area contributed by atoms with Crippen molar-refractivity contribution in [3.8, 4) is 23.2 Å². The fraction of sp³-hybridized carbons (Fsp3) is 0.0294. The number of nitrogens with zero attached hydrogens (tertiary/aromatic N) is 11. The van der Waals surface area contributed by atoms with Gasteiger partial charge in [-0.2, -0.15) is 15.0 Å². The van der Waals surface area contributed by atoms with Crippen LogP contribution in [0.3, 0.4) is 0 Å². The zero-order valence-corrected chi connectivity index (χ0v) is 23.4. The molecule has 210 valence electrons. The van der Waals surface area contributed by atoms with Crippen molar-refractivity contribution in [2.75, 3.05) is 0 Å². The highest BCUT2D eigenvalue weighted by Gasteiger charge is 2.34. The van der Waals surface area contributed by atoms with Gasteiger partial charge in [-0.05, 0) is 65.7 Å². The predicted octanol–water partition coefficient (Wildman–Crippen LogP) is 5.60. The lowest BCUT2D eigenvalue weighted by molar-refractivity contribution is 0.787. The van der Waals surface area contributed by atoms with Gasteiger partial charge >= 0.3 is 0 Å². The summed E-state index contributed by atoms with van der Waals surface area (Å²) in [5.41, 5.74) is 7.89. The molecule has 0 bridgehead atoms. The molecule has 1 aliphatic carbocycles. The molecule has 11 nitrogen and oxygen atoms in total. The normalized spacial score (nSPS) is 14.0. The summed E-state index contributed by atoms with van der Waals surface area (Å²) >= 11 is 0. The van der Waals surface area contributed by atoms with Crippen LogP contribution in [0.4, 0.5) is 0 Å². The van der Waals surface area contributed by atoms with Crippen LogP contribution in [0.15, 0.2) is 110 Å². The van der Waals surface area contributed by atoms with E-state index in [2.05, 4.69) is 16.0 Å². The van der Waals surface area contributed by atoms with Crippen molar-refractivity contribution in [2.24, 2.45) is 0 Å². The minimum absolute atomic E-state index is 0.320. The van der Waals surface area contributed by atoms with Gasteiger partial charge in [-0.1, -0.05) is 6.07 Å². The van der Waals surface area contributed by atoms with E-state index in [1.54, 1.807) is 31.0 Å². The van der Waals surface area contributed by atoms with Gasteiger partial charge in [-0.15, -0.1) is 0 Å². The Labute approximate surface area is 254 Å². The smallest absolute Gasteiger partial charge is 0.241 e. The van der Waals surface area contributed by atoms with Gasteiger partial charge in [0.25, 0.3) is 0 Å². The van der Waals surface area contributed by atoms with Gasteiger partial charge in [0.2, 0.25) is 11.9 Å². The van der Waals surface area contributed by atoms with Crippen molar-refractivity contribution in [1.29, 1.82) is 0 Å². The molecule has 0 aliphatic heterocycles. The van der Waals surface area contributed by atoms with Gasteiger partial charge in [-0.25, -0.2) is 9.97 Å². The van der Waals surface area contributed by atoms with Crippen LogP contribution in [0.1, 0.15) is 22.9 Å². The van der Waals surface area contributed by atoms with E-state index < -0.39 is 0 Å². The third kappa shape index (κ3) is 3.31. The lowest BCUT2D eigenvalue weighted by atomic mass is 9.98. The second-order valence-electron chi connectivity index (χ2n) is 10.8. The van der Waals surface area contributed by atoms with Crippen molar-refractivity contribution < 1.29 is 0 Å². The van der Waals surface area contributed by atoms with Crippen molar-refractivity contribution in [3.63, 3.8) is 0 Å². The standard InChI is InChI=1S/C34H19N11/c1-5-20-23-17-36-16-10-25(23)44(31(20)39-13-1)33-41-30(27-21-6-2-11-37-28(21)19-9-15-35-18-24(19)27)42-34(43-33)45-26-8-4-12-38-29(26)22-7-3-14-40-32(22)45/h1-18,27H. The Morgan fingerprint density at radius 1 is 0.511 bits per heavy atom. The summed E-state index contributed by atoms with van der Waals surface area (Å²) in [6.45, 7) is 0. The number of hydrogen-bond acceptors (Lipinski definition) is 9. The van der Waals surface area contributed by atoms with Gasteiger partial charge in [-0.3, -0.25) is 29.1 Å². The minimum Gasteiger partial charge on any atom is -0.264 e. The zero-order valence-electron chi connectivity index (χ0n) is 23.4. The van der Waals surface area contributed by atoms with Crippen molar-refractivity contribution in [3.05, 3.63) is 127 Å². The highest BCUT2D eigenvalue weighted by molar-refractivity contribution is 6.07. The Bertz CT molecular complexity index is 2350. The second-order valence-corrected chi connectivity index (χ2v) is 10.8. The van der Waals surface area contributed by atoms with Crippen molar-refractivity contribution >= 4 is 44.0 Å². The minimum atomic E-state index is -0.320. The number of pyridine rings is 6. The highest BCUT2D eigenvalue weighted by atomic mass is 15.3. The maximum Gasteiger partial charge on any atom is 0.241 e. The first kappa shape index (κ1) is 24.0. The van der Waals surface area contributed by atoms with E-state index in [0.717, 1.165) is 60.7 Å². The van der Waals surface area contributed by atoms with Crippen LogP contribution >= 0.6 is 0 Å². The molecule has 0 radical (unpaired) electrons. The largest absolute Gasteiger partial charge is 0.264 e. The number of hydrogen-bond donors (Lipinski definition) is 0. The van der Waals surface area contributed by atoms with Gasteiger partial charge in [0.15, 0.2) is 0 Å². The van der Waals surface area contributed by atoms with Crippen molar-refractivity contribution in [1.82, 2.24) is 54.0 Å². The second kappa shape index (κ2) is 9.01. The number of aromatic nitrogens is 11. The summed E-state index contributed by atoms with van der Waals surface area (Å²) in [6, 6.07) is 19.8. The van der Waals surface area contributed by atoms with Crippen LogP contribution in [0, 0.1) is 0 Å². The summed E-state index contributed by atoms with van der Waals surface area (Å²) < 4.78 is 3.93. The number of rotatable bonds is 3. The third-order valence-electron chi connectivity index (χ3n) is 8.46. The Morgan fingerprint density at radius 2 is 1.20 bits per heavy atom. The third-order valence-corrected chi connectivity index (χ3v) is 8.46. The first-order valence-electron chi connectivity index (χ1n) is 14.4. The first-order chi connectivity index (χ1) is 22.3. The fourth-order valence-corrected chi connectivity index (χ4v) is 6.63. The van der Waals surface area contributed by atoms with Gasteiger partial charge in [0.05, 0.1) is 28.2 Å². The quantitative estimate of drug-likeness (QED) is 0.262. The van der Waals surface area contributed by atoms with Gasteiger partial charge in [0.1, 0.15) is 17.1 Å². The monoisotopic (exact) mass is 581 g/mol. The van der Waals surface area contributed by atoms with E-state index in [1.807, 2.05) is 82.3 Å². The van der Waals surface area contributed by atoms with Crippen LogP contribution in [0.25, 0.3) is 67.2 Å². The molecule has 0 aromatic carbocycles. The molecule has 45 heavy (non-hydrogen) atoms. The average molecular weight is 582 g/mol. The molecule has 0 spiro atoms. The summed E-state index contributed by atoms with van der Waals surface area (Å²) in [4.78, 5) is 43.4. The average Bonchev–Trinajstić information content (AvgIpc) is 3.74. The molecular formula is C34H19N11. The molecule has 9 aromatic rings. The molecule has 0 N–H and O–H groups in total. The lowest BCUT2D eigenvalue weighted by Crippen LogP contribution is -2.15. The molecule has 0 fully saturated rings. The van der Waals surface area contributed by atoms with E-state index in [-0.39, 0.29) is 5.92 Å². The molecule has 0 saturated carbocycles. The van der Waals surface area contributed by atoms with E-state index in [1.165, 1.54) is 0 Å². The molecule has 10 rings (SSSR count). The fourth-order valence-electron chi connectivity index (χ4n) is 6.63. The Morgan fingerprint density at radius 3 is 2.09 bits per heavy atom. The molecule has 9 aromatic heterocycles. The van der Waals surface area contributed by atoms with E-state index in [0.29, 0.717) is 23.4 Å².